The van der Waals surface area contributed by atoms with Crippen LogP contribution in [0.4, 0.5) is 5.69 Å². The van der Waals surface area contributed by atoms with Gasteiger partial charge in [-0.15, -0.1) is 11.8 Å². The third-order valence-electron chi connectivity index (χ3n) is 4.22. The number of nitrogens with zero attached hydrogens (tertiary/aromatic N) is 1. The second-order valence-electron chi connectivity index (χ2n) is 6.00. The third kappa shape index (κ3) is 4.45. The summed E-state index contributed by atoms with van der Waals surface area (Å²) >= 11 is 1.36. The summed E-state index contributed by atoms with van der Waals surface area (Å²) in [6.07, 6.45) is 1.10. The number of rotatable bonds is 6. The lowest BCUT2D eigenvalue weighted by Crippen LogP contribution is -2.32. The van der Waals surface area contributed by atoms with Gasteiger partial charge in [0.2, 0.25) is 5.91 Å². The molecule has 4 nitrogen and oxygen atoms in total. The molecular formula is C19H22N2O2S. The topological polar surface area (TPSA) is 52.6 Å². The van der Waals surface area contributed by atoms with E-state index in [1.54, 1.807) is 12.1 Å². The molecule has 0 saturated carbocycles. The first-order valence-electron chi connectivity index (χ1n) is 8.20. The molecule has 1 saturated heterocycles. The molecule has 2 aromatic rings. The van der Waals surface area contributed by atoms with E-state index in [1.165, 1.54) is 17.4 Å². The lowest BCUT2D eigenvalue weighted by atomic mass is 10.1. The molecule has 0 spiro atoms. The monoisotopic (exact) mass is 342 g/mol. The van der Waals surface area contributed by atoms with Gasteiger partial charge in [0.1, 0.15) is 5.75 Å². The smallest absolute Gasteiger partial charge is 0.230 e. The zero-order valence-electron chi connectivity index (χ0n) is 13.5. The number of hydrogen-bond acceptors (Lipinski definition) is 4. The molecule has 24 heavy (non-hydrogen) atoms. The van der Waals surface area contributed by atoms with Crippen molar-refractivity contribution in [2.75, 3.05) is 30.3 Å². The Bertz CT molecular complexity index is 678. The molecule has 0 bridgehead atoms. The summed E-state index contributed by atoms with van der Waals surface area (Å²) < 4.78 is 0. The predicted molar refractivity (Wildman–Crippen MR) is 98.6 cm³/mol. The Balaban J connectivity index is 1.40. The maximum absolute atomic E-state index is 12.0. The van der Waals surface area contributed by atoms with Gasteiger partial charge in [-0.05, 0) is 36.6 Å². The van der Waals surface area contributed by atoms with Crippen molar-refractivity contribution in [1.29, 1.82) is 0 Å². The fourth-order valence-corrected chi connectivity index (χ4v) is 3.68. The minimum atomic E-state index is 0.0152. The number of carbonyl (C=O) groups excluding carboxylic acids is 1. The van der Waals surface area contributed by atoms with Crippen molar-refractivity contribution < 1.29 is 9.90 Å². The second-order valence-corrected chi connectivity index (χ2v) is 7.01. The number of nitrogens with one attached hydrogen (secondary N) is 1. The van der Waals surface area contributed by atoms with Gasteiger partial charge in [0.05, 0.1) is 5.75 Å². The van der Waals surface area contributed by atoms with Crippen LogP contribution >= 0.6 is 11.8 Å². The van der Waals surface area contributed by atoms with E-state index in [-0.39, 0.29) is 11.7 Å². The summed E-state index contributed by atoms with van der Waals surface area (Å²) in [6, 6.07) is 17.5. The van der Waals surface area contributed by atoms with Gasteiger partial charge in [-0.3, -0.25) is 4.79 Å². The average molecular weight is 342 g/mol. The number of hydrogen-bond donors (Lipinski definition) is 2. The summed E-state index contributed by atoms with van der Waals surface area (Å²) in [5, 5.41) is 12.7. The fraction of sp³-hybridized carbons (Fsp3) is 0.316. The number of para-hydroxylation sites is 2. The number of aromatic hydroxyl groups is 1. The summed E-state index contributed by atoms with van der Waals surface area (Å²) in [4.78, 5) is 15.1. The predicted octanol–water partition coefficient (Wildman–Crippen LogP) is 3.13. The zero-order valence-corrected chi connectivity index (χ0v) is 14.3. The molecular weight excluding hydrogens is 320 g/mol. The van der Waals surface area contributed by atoms with Crippen LogP contribution in [0.15, 0.2) is 59.5 Å². The van der Waals surface area contributed by atoms with E-state index >= 15 is 0 Å². The van der Waals surface area contributed by atoms with Crippen molar-refractivity contribution in [3.8, 4) is 5.75 Å². The second kappa shape index (κ2) is 8.11. The molecule has 5 heteroatoms. The quantitative estimate of drug-likeness (QED) is 0.792. The molecule has 1 amide bonds. The maximum atomic E-state index is 12.0. The molecule has 1 unspecified atom stereocenters. The molecule has 0 radical (unpaired) electrons. The van der Waals surface area contributed by atoms with Crippen molar-refractivity contribution in [2.45, 2.75) is 11.3 Å². The Morgan fingerprint density at radius 1 is 1.17 bits per heavy atom. The Hall–Kier alpha value is -2.14. The van der Waals surface area contributed by atoms with Crippen LogP contribution in [-0.2, 0) is 4.79 Å². The van der Waals surface area contributed by atoms with Crippen LogP contribution in [0.2, 0.25) is 0 Å². The Morgan fingerprint density at radius 3 is 2.71 bits per heavy atom. The first kappa shape index (κ1) is 16.7. The van der Waals surface area contributed by atoms with Gasteiger partial charge >= 0.3 is 0 Å². The number of benzene rings is 2. The van der Waals surface area contributed by atoms with E-state index < -0.39 is 0 Å². The van der Waals surface area contributed by atoms with E-state index in [0.29, 0.717) is 18.2 Å². The first-order chi connectivity index (χ1) is 11.7. The highest BCUT2D eigenvalue weighted by Crippen LogP contribution is 2.27. The minimum Gasteiger partial charge on any atom is -0.507 e. The van der Waals surface area contributed by atoms with Crippen LogP contribution in [0.1, 0.15) is 6.42 Å². The largest absolute Gasteiger partial charge is 0.507 e. The molecule has 0 aromatic heterocycles. The van der Waals surface area contributed by atoms with Crippen molar-refractivity contribution in [2.24, 2.45) is 5.92 Å². The zero-order chi connectivity index (χ0) is 16.8. The van der Waals surface area contributed by atoms with Gasteiger partial charge in [-0.25, -0.2) is 0 Å². The van der Waals surface area contributed by atoms with Gasteiger partial charge in [0.15, 0.2) is 0 Å². The summed E-state index contributed by atoms with van der Waals surface area (Å²) in [5.41, 5.74) is 1.25. The molecule has 1 heterocycles. The highest BCUT2D eigenvalue weighted by molar-refractivity contribution is 8.00. The molecule has 2 N–H and O–H groups in total. The number of carbonyl (C=O) groups is 1. The van der Waals surface area contributed by atoms with E-state index in [0.717, 1.165) is 24.4 Å². The minimum absolute atomic E-state index is 0.0152. The van der Waals surface area contributed by atoms with E-state index in [4.69, 9.17) is 0 Å². The molecule has 3 rings (SSSR count). The van der Waals surface area contributed by atoms with Crippen molar-refractivity contribution in [3.05, 3.63) is 54.6 Å². The highest BCUT2D eigenvalue weighted by atomic mass is 32.2. The van der Waals surface area contributed by atoms with Gasteiger partial charge in [0, 0.05) is 30.2 Å². The molecule has 1 aliphatic heterocycles. The number of anilines is 1. The molecule has 1 fully saturated rings. The summed E-state index contributed by atoms with van der Waals surface area (Å²) in [6.45, 7) is 2.73. The van der Waals surface area contributed by atoms with Crippen LogP contribution in [-0.4, -0.2) is 36.4 Å². The van der Waals surface area contributed by atoms with Crippen LogP contribution in [0, 0.1) is 5.92 Å². The number of amides is 1. The van der Waals surface area contributed by atoms with Crippen LogP contribution < -0.4 is 10.2 Å². The van der Waals surface area contributed by atoms with Crippen molar-refractivity contribution in [3.63, 3.8) is 0 Å². The molecule has 2 aromatic carbocycles. The van der Waals surface area contributed by atoms with Crippen molar-refractivity contribution in [1.82, 2.24) is 5.32 Å². The Kier molecular flexibility index (Phi) is 5.64. The molecule has 1 atom stereocenters. The van der Waals surface area contributed by atoms with Gasteiger partial charge in [-0.1, -0.05) is 30.3 Å². The normalized spacial score (nSPS) is 17.0. The summed E-state index contributed by atoms with van der Waals surface area (Å²) in [5.74, 6) is 1.06. The first-order valence-corrected chi connectivity index (χ1v) is 9.18. The summed E-state index contributed by atoms with van der Waals surface area (Å²) in [7, 11) is 0. The van der Waals surface area contributed by atoms with Gasteiger partial charge in [0.25, 0.3) is 0 Å². The van der Waals surface area contributed by atoms with Crippen LogP contribution in [0.3, 0.4) is 0 Å². The lowest BCUT2D eigenvalue weighted by Gasteiger charge is -2.18. The van der Waals surface area contributed by atoms with E-state index in [9.17, 15) is 9.90 Å². The molecule has 126 valence electrons. The fourth-order valence-electron chi connectivity index (χ4n) is 2.90. The maximum Gasteiger partial charge on any atom is 0.230 e. The van der Waals surface area contributed by atoms with E-state index in [2.05, 4.69) is 34.5 Å². The molecule has 0 aliphatic carbocycles. The van der Waals surface area contributed by atoms with Crippen LogP contribution in [0.5, 0.6) is 5.75 Å². The Morgan fingerprint density at radius 2 is 1.92 bits per heavy atom. The third-order valence-corrected chi connectivity index (χ3v) is 5.28. The SMILES string of the molecule is O=C(CSc1ccccc1O)NCC1CCN(c2ccccc2)C1. The van der Waals surface area contributed by atoms with E-state index in [1.807, 2.05) is 18.2 Å². The molecule has 1 aliphatic rings. The average Bonchev–Trinajstić information content (AvgIpc) is 3.09. The standard InChI is InChI=1S/C19H22N2O2S/c22-17-8-4-5-9-18(17)24-14-19(23)20-12-15-10-11-21(13-15)16-6-2-1-3-7-16/h1-9,15,22H,10-14H2,(H,20,23). The highest BCUT2D eigenvalue weighted by Gasteiger charge is 2.22. The lowest BCUT2D eigenvalue weighted by molar-refractivity contribution is -0.118. The Labute approximate surface area is 146 Å². The van der Waals surface area contributed by atoms with Crippen molar-refractivity contribution >= 4 is 23.4 Å². The van der Waals surface area contributed by atoms with Gasteiger partial charge in [-0.2, -0.15) is 0 Å². The van der Waals surface area contributed by atoms with Crippen LogP contribution in [0.25, 0.3) is 0 Å². The number of phenolic OH excluding ortho intramolecular Hbond substituents is 1. The number of thioether (sulfide) groups is 1. The van der Waals surface area contributed by atoms with Gasteiger partial charge < -0.3 is 15.3 Å². The number of phenols is 1.